The first-order valence-electron chi connectivity index (χ1n) is 3.73. The molecule has 11 heavy (non-hydrogen) atoms. The maximum atomic E-state index is 11.1. The summed E-state index contributed by atoms with van der Waals surface area (Å²) in [5.74, 6) is -0.211. The molecule has 0 aromatic heterocycles. The number of hydrogen-bond acceptors (Lipinski definition) is 3. The van der Waals surface area contributed by atoms with Crippen LogP contribution in [0.1, 0.15) is 6.42 Å². The van der Waals surface area contributed by atoms with E-state index in [0.29, 0.717) is 0 Å². The van der Waals surface area contributed by atoms with Crippen molar-refractivity contribution >= 4 is 5.97 Å². The van der Waals surface area contributed by atoms with Crippen LogP contribution in [0.3, 0.4) is 0 Å². The summed E-state index contributed by atoms with van der Waals surface area (Å²) in [7, 11) is 1.41. The molecule has 3 nitrogen and oxygen atoms in total. The highest BCUT2D eigenvalue weighted by atomic mass is 16.5. The van der Waals surface area contributed by atoms with Gasteiger partial charge in [0, 0.05) is 0 Å². The summed E-state index contributed by atoms with van der Waals surface area (Å²) in [5.41, 5.74) is 0. The van der Waals surface area contributed by atoms with Gasteiger partial charge in [-0.05, 0) is 6.42 Å². The van der Waals surface area contributed by atoms with E-state index in [1.54, 1.807) is 0 Å². The van der Waals surface area contributed by atoms with Crippen LogP contribution in [-0.2, 0) is 14.3 Å². The third-order valence-electron chi connectivity index (χ3n) is 2.23. The molecule has 1 saturated heterocycles. The van der Waals surface area contributed by atoms with Gasteiger partial charge in [-0.1, -0.05) is 12.2 Å². The smallest absolute Gasteiger partial charge is 0.311 e. The molecular weight excluding hydrogens is 144 g/mol. The molecule has 2 heterocycles. The highest BCUT2D eigenvalue weighted by molar-refractivity contribution is 5.74. The third kappa shape index (κ3) is 0.959. The van der Waals surface area contributed by atoms with Crippen LogP contribution in [0, 0.1) is 5.92 Å². The zero-order valence-corrected chi connectivity index (χ0v) is 6.32. The molecule has 2 aliphatic heterocycles. The number of rotatable bonds is 1. The number of fused-ring (bicyclic) bond motifs is 2. The lowest BCUT2D eigenvalue weighted by Crippen LogP contribution is -2.24. The number of carbonyl (C=O) groups excluding carboxylic acids is 1. The Morgan fingerprint density at radius 3 is 2.91 bits per heavy atom. The number of carbonyl (C=O) groups is 1. The molecule has 0 aliphatic carbocycles. The van der Waals surface area contributed by atoms with E-state index in [1.807, 2.05) is 12.2 Å². The molecular formula is C8H10O3. The van der Waals surface area contributed by atoms with Crippen LogP contribution in [0.15, 0.2) is 12.2 Å². The molecule has 60 valence electrons. The summed E-state index contributed by atoms with van der Waals surface area (Å²) in [5, 5.41) is 0. The fourth-order valence-electron chi connectivity index (χ4n) is 1.66. The maximum Gasteiger partial charge on any atom is 0.311 e. The van der Waals surface area contributed by atoms with E-state index < -0.39 is 0 Å². The predicted molar refractivity (Wildman–Crippen MR) is 37.9 cm³/mol. The largest absolute Gasteiger partial charge is 0.469 e. The van der Waals surface area contributed by atoms with Crippen molar-refractivity contribution in [2.24, 2.45) is 5.92 Å². The third-order valence-corrected chi connectivity index (χ3v) is 2.23. The van der Waals surface area contributed by atoms with Crippen molar-refractivity contribution in [2.45, 2.75) is 18.6 Å². The SMILES string of the molecule is COC(=O)[C@H]1C[C@H]2C=C[C@@H]1O2. The Balaban J connectivity index is 2.08. The minimum atomic E-state index is -0.151. The van der Waals surface area contributed by atoms with E-state index in [9.17, 15) is 4.79 Å². The van der Waals surface area contributed by atoms with Gasteiger partial charge in [0.15, 0.2) is 0 Å². The normalized spacial score (nSPS) is 39.5. The monoisotopic (exact) mass is 154 g/mol. The van der Waals surface area contributed by atoms with Crippen molar-refractivity contribution in [3.05, 3.63) is 12.2 Å². The van der Waals surface area contributed by atoms with Gasteiger partial charge in [0.25, 0.3) is 0 Å². The summed E-state index contributed by atoms with van der Waals surface area (Å²) < 4.78 is 10.0. The second-order valence-electron chi connectivity index (χ2n) is 2.89. The van der Waals surface area contributed by atoms with Crippen LogP contribution < -0.4 is 0 Å². The summed E-state index contributed by atoms with van der Waals surface area (Å²) >= 11 is 0. The molecule has 2 rings (SSSR count). The van der Waals surface area contributed by atoms with Crippen LogP contribution in [0.25, 0.3) is 0 Å². The number of hydrogen-bond donors (Lipinski definition) is 0. The first-order chi connectivity index (χ1) is 5.31. The fourth-order valence-corrected chi connectivity index (χ4v) is 1.66. The second kappa shape index (κ2) is 2.34. The van der Waals surface area contributed by atoms with Gasteiger partial charge in [0.1, 0.15) is 0 Å². The molecule has 0 spiro atoms. The van der Waals surface area contributed by atoms with E-state index in [2.05, 4.69) is 4.74 Å². The van der Waals surface area contributed by atoms with Gasteiger partial charge in [0.2, 0.25) is 0 Å². The van der Waals surface area contributed by atoms with Crippen molar-refractivity contribution < 1.29 is 14.3 Å². The van der Waals surface area contributed by atoms with Gasteiger partial charge in [-0.15, -0.1) is 0 Å². The average Bonchev–Trinajstić information content (AvgIpc) is 2.62. The first-order valence-corrected chi connectivity index (χ1v) is 3.73. The van der Waals surface area contributed by atoms with Gasteiger partial charge >= 0.3 is 5.97 Å². The Bertz CT molecular complexity index is 209. The predicted octanol–water partition coefficient (Wildman–Crippen LogP) is 0.503. The molecule has 3 heteroatoms. The van der Waals surface area contributed by atoms with E-state index in [-0.39, 0.29) is 24.1 Å². The molecule has 2 bridgehead atoms. The minimum Gasteiger partial charge on any atom is -0.469 e. The van der Waals surface area contributed by atoms with Crippen molar-refractivity contribution in [2.75, 3.05) is 7.11 Å². The van der Waals surface area contributed by atoms with E-state index in [0.717, 1.165) is 6.42 Å². The van der Waals surface area contributed by atoms with Crippen LogP contribution in [0.2, 0.25) is 0 Å². The molecule has 0 radical (unpaired) electrons. The van der Waals surface area contributed by atoms with E-state index in [1.165, 1.54) is 7.11 Å². The Morgan fingerprint density at radius 1 is 1.64 bits per heavy atom. The van der Waals surface area contributed by atoms with E-state index >= 15 is 0 Å². The fraction of sp³-hybridized carbons (Fsp3) is 0.625. The van der Waals surface area contributed by atoms with Gasteiger partial charge in [-0.2, -0.15) is 0 Å². The van der Waals surface area contributed by atoms with Gasteiger partial charge < -0.3 is 9.47 Å². The van der Waals surface area contributed by atoms with Crippen LogP contribution in [0.5, 0.6) is 0 Å². The van der Waals surface area contributed by atoms with Crippen LogP contribution >= 0.6 is 0 Å². The molecule has 0 amide bonds. The second-order valence-corrected chi connectivity index (χ2v) is 2.89. The summed E-state index contributed by atoms with van der Waals surface area (Å²) in [6.07, 6.45) is 4.87. The zero-order chi connectivity index (χ0) is 7.84. The Labute approximate surface area is 65.0 Å². The summed E-state index contributed by atoms with van der Waals surface area (Å²) in [6, 6.07) is 0. The number of ether oxygens (including phenoxy) is 2. The lowest BCUT2D eigenvalue weighted by molar-refractivity contribution is -0.146. The number of methoxy groups -OCH3 is 1. The first kappa shape index (κ1) is 6.85. The van der Waals surface area contributed by atoms with Crippen LogP contribution in [0.4, 0.5) is 0 Å². The van der Waals surface area contributed by atoms with Crippen molar-refractivity contribution in [3.8, 4) is 0 Å². The van der Waals surface area contributed by atoms with Gasteiger partial charge in [-0.3, -0.25) is 4.79 Å². The quantitative estimate of drug-likeness (QED) is 0.407. The minimum absolute atomic E-state index is 0.0209. The lowest BCUT2D eigenvalue weighted by Gasteiger charge is -2.11. The zero-order valence-electron chi connectivity index (χ0n) is 6.32. The molecule has 1 fully saturated rings. The van der Waals surface area contributed by atoms with E-state index in [4.69, 9.17) is 4.74 Å². The molecule has 2 aliphatic rings. The molecule has 0 N–H and O–H groups in total. The van der Waals surface area contributed by atoms with Crippen molar-refractivity contribution in [1.82, 2.24) is 0 Å². The Morgan fingerprint density at radius 2 is 2.45 bits per heavy atom. The average molecular weight is 154 g/mol. The molecule has 0 unspecified atom stereocenters. The Kier molecular flexibility index (Phi) is 1.46. The topological polar surface area (TPSA) is 35.5 Å². The van der Waals surface area contributed by atoms with Gasteiger partial charge in [0.05, 0.1) is 25.2 Å². The van der Waals surface area contributed by atoms with Crippen molar-refractivity contribution in [3.63, 3.8) is 0 Å². The highest BCUT2D eigenvalue weighted by Gasteiger charge is 2.41. The molecule has 0 saturated carbocycles. The maximum absolute atomic E-state index is 11.1. The molecule has 3 atom stereocenters. The molecule has 0 aromatic rings. The summed E-state index contributed by atoms with van der Waals surface area (Å²) in [6.45, 7) is 0. The Hall–Kier alpha value is -0.830. The van der Waals surface area contributed by atoms with Gasteiger partial charge in [-0.25, -0.2) is 0 Å². The van der Waals surface area contributed by atoms with Crippen LogP contribution in [-0.4, -0.2) is 25.3 Å². The standard InChI is InChI=1S/C8H10O3/c1-10-8(9)6-4-5-2-3-7(6)11-5/h2-3,5-7H,4H2,1H3/t5-,6+,7+/m1/s1. The molecule has 0 aromatic carbocycles. The number of esters is 1. The highest BCUT2D eigenvalue weighted by Crippen LogP contribution is 2.34. The summed E-state index contributed by atoms with van der Waals surface area (Å²) in [4.78, 5) is 11.1. The lowest BCUT2D eigenvalue weighted by atomic mass is 9.95. The van der Waals surface area contributed by atoms with Crippen molar-refractivity contribution in [1.29, 1.82) is 0 Å².